The third-order valence-corrected chi connectivity index (χ3v) is 5.56. The molecule has 1 atom stereocenters. The molecule has 5 nitrogen and oxygen atoms in total. The number of rotatable bonds is 7. The molecule has 0 bridgehead atoms. The lowest BCUT2D eigenvalue weighted by atomic mass is 10.1. The van der Waals surface area contributed by atoms with Crippen LogP contribution in [-0.4, -0.2) is 67.0 Å². The van der Waals surface area contributed by atoms with Crippen LogP contribution >= 0.6 is 0 Å². The number of benzene rings is 2. The minimum absolute atomic E-state index is 0.0675. The zero-order valence-corrected chi connectivity index (χ0v) is 17.5. The summed E-state index contributed by atoms with van der Waals surface area (Å²) in [6.07, 6.45) is 0. The molecule has 0 saturated carbocycles. The molecule has 6 heteroatoms. The molecule has 0 aliphatic carbocycles. The fourth-order valence-electron chi connectivity index (χ4n) is 3.76. The summed E-state index contributed by atoms with van der Waals surface area (Å²) in [5, 5.41) is 0. The molecule has 0 radical (unpaired) electrons. The van der Waals surface area contributed by atoms with Crippen LogP contribution in [0.3, 0.4) is 0 Å². The monoisotopic (exact) mass is 399 g/mol. The second kappa shape index (κ2) is 9.85. The summed E-state index contributed by atoms with van der Waals surface area (Å²) in [7, 11) is 3.45. The first-order valence-electron chi connectivity index (χ1n) is 10.0. The molecule has 1 amide bonds. The lowest BCUT2D eigenvalue weighted by Gasteiger charge is -2.38. The van der Waals surface area contributed by atoms with Crippen molar-refractivity contribution in [1.82, 2.24) is 14.7 Å². The van der Waals surface area contributed by atoms with E-state index in [-0.39, 0.29) is 17.8 Å². The summed E-state index contributed by atoms with van der Waals surface area (Å²) in [5.41, 5.74) is 2.07. The van der Waals surface area contributed by atoms with Gasteiger partial charge < -0.3 is 9.64 Å². The van der Waals surface area contributed by atoms with Crippen molar-refractivity contribution in [2.24, 2.45) is 0 Å². The summed E-state index contributed by atoms with van der Waals surface area (Å²) < 4.78 is 18.6. The number of hydrogen-bond acceptors (Lipinski definition) is 4. The van der Waals surface area contributed by atoms with E-state index < -0.39 is 0 Å². The van der Waals surface area contributed by atoms with Gasteiger partial charge in [0.1, 0.15) is 11.6 Å². The molecule has 2 aromatic rings. The van der Waals surface area contributed by atoms with E-state index in [0.717, 1.165) is 44.0 Å². The van der Waals surface area contributed by atoms with E-state index >= 15 is 0 Å². The van der Waals surface area contributed by atoms with E-state index in [2.05, 4.69) is 21.9 Å². The van der Waals surface area contributed by atoms with Crippen LogP contribution < -0.4 is 4.74 Å². The number of methoxy groups -OCH3 is 1. The predicted octanol–water partition coefficient (Wildman–Crippen LogP) is 3.00. The molecule has 0 spiro atoms. The average molecular weight is 400 g/mol. The average Bonchev–Trinajstić information content (AvgIpc) is 2.74. The lowest BCUT2D eigenvalue weighted by molar-refractivity contribution is -0.136. The van der Waals surface area contributed by atoms with E-state index in [4.69, 9.17) is 4.74 Å². The lowest BCUT2D eigenvalue weighted by Crippen LogP contribution is -2.53. The van der Waals surface area contributed by atoms with E-state index in [0.29, 0.717) is 6.54 Å². The first kappa shape index (κ1) is 21.3. The topological polar surface area (TPSA) is 36.0 Å². The molecule has 1 saturated heterocycles. The molecule has 1 aliphatic heterocycles. The van der Waals surface area contributed by atoms with Gasteiger partial charge in [0.15, 0.2) is 0 Å². The molecule has 3 rings (SSSR count). The first-order chi connectivity index (χ1) is 14.0. The number of carbonyl (C=O) groups excluding carboxylic acids is 1. The van der Waals surface area contributed by atoms with Crippen LogP contribution in [0, 0.1) is 5.82 Å². The van der Waals surface area contributed by atoms with Gasteiger partial charge in [0, 0.05) is 46.3 Å². The zero-order chi connectivity index (χ0) is 20.8. The first-order valence-corrected chi connectivity index (χ1v) is 10.0. The number of ether oxygens (including phenoxy) is 1. The van der Waals surface area contributed by atoms with Gasteiger partial charge in [0.2, 0.25) is 5.91 Å². The maximum absolute atomic E-state index is 13.4. The Morgan fingerprint density at radius 1 is 1.10 bits per heavy atom. The van der Waals surface area contributed by atoms with E-state index in [1.807, 2.05) is 25.1 Å². The molecule has 1 aliphatic rings. The molecule has 1 fully saturated rings. The van der Waals surface area contributed by atoms with Crippen LogP contribution in [0.15, 0.2) is 48.5 Å². The SMILES string of the molecule is COc1ccc(CN2CCN([C@H](C)C(=O)N(C)Cc3cccc(F)c3)CC2)cc1. The van der Waals surface area contributed by atoms with Crippen molar-refractivity contribution in [2.45, 2.75) is 26.1 Å². The van der Waals surface area contributed by atoms with Gasteiger partial charge in [0.25, 0.3) is 0 Å². The number of piperazine rings is 1. The Morgan fingerprint density at radius 2 is 1.79 bits per heavy atom. The Labute approximate surface area is 172 Å². The second-order valence-corrected chi connectivity index (χ2v) is 7.66. The molecule has 0 aromatic heterocycles. The van der Waals surface area contributed by atoms with Crippen molar-refractivity contribution < 1.29 is 13.9 Å². The van der Waals surface area contributed by atoms with Gasteiger partial charge in [-0.1, -0.05) is 24.3 Å². The van der Waals surface area contributed by atoms with E-state index in [1.165, 1.54) is 17.7 Å². The highest BCUT2D eigenvalue weighted by atomic mass is 19.1. The molecular formula is C23H30FN3O2. The zero-order valence-electron chi connectivity index (χ0n) is 17.5. The third-order valence-electron chi connectivity index (χ3n) is 5.56. The Morgan fingerprint density at radius 3 is 2.41 bits per heavy atom. The van der Waals surface area contributed by atoms with Crippen molar-refractivity contribution >= 4 is 5.91 Å². The van der Waals surface area contributed by atoms with Gasteiger partial charge in [-0.05, 0) is 42.3 Å². The second-order valence-electron chi connectivity index (χ2n) is 7.66. The minimum atomic E-state index is -0.274. The maximum Gasteiger partial charge on any atom is 0.239 e. The Balaban J connectivity index is 1.48. The predicted molar refractivity (Wildman–Crippen MR) is 112 cm³/mol. The van der Waals surface area contributed by atoms with Gasteiger partial charge in [-0.25, -0.2) is 4.39 Å². The number of likely N-dealkylation sites (N-methyl/N-ethyl adjacent to an activating group) is 1. The van der Waals surface area contributed by atoms with Crippen molar-refractivity contribution in [3.63, 3.8) is 0 Å². The smallest absolute Gasteiger partial charge is 0.239 e. The van der Waals surface area contributed by atoms with Crippen LogP contribution in [0.25, 0.3) is 0 Å². The molecular weight excluding hydrogens is 369 g/mol. The van der Waals surface area contributed by atoms with Crippen molar-refractivity contribution in [3.05, 3.63) is 65.5 Å². The molecule has 0 N–H and O–H groups in total. The number of carbonyl (C=O) groups is 1. The fraction of sp³-hybridized carbons (Fsp3) is 0.435. The van der Waals surface area contributed by atoms with Gasteiger partial charge in [-0.15, -0.1) is 0 Å². The van der Waals surface area contributed by atoms with Crippen molar-refractivity contribution in [2.75, 3.05) is 40.3 Å². The Bertz CT molecular complexity index is 804. The maximum atomic E-state index is 13.4. The van der Waals surface area contributed by atoms with Gasteiger partial charge >= 0.3 is 0 Å². The Kier molecular flexibility index (Phi) is 7.23. The molecule has 156 valence electrons. The highest BCUT2D eigenvalue weighted by molar-refractivity contribution is 5.81. The number of amides is 1. The van der Waals surface area contributed by atoms with E-state index in [9.17, 15) is 9.18 Å². The number of halogens is 1. The van der Waals surface area contributed by atoms with Crippen LogP contribution in [0.1, 0.15) is 18.1 Å². The highest BCUT2D eigenvalue weighted by Gasteiger charge is 2.27. The van der Waals surface area contributed by atoms with Gasteiger partial charge in [0.05, 0.1) is 13.2 Å². The Hall–Kier alpha value is -2.44. The van der Waals surface area contributed by atoms with Crippen molar-refractivity contribution in [3.8, 4) is 5.75 Å². The van der Waals surface area contributed by atoms with E-state index in [1.54, 1.807) is 25.1 Å². The number of hydrogen-bond donors (Lipinski definition) is 0. The van der Waals surface area contributed by atoms with Gasteiger partial charge in [-0.2, -0.15) is 0 Å². The minimum Gasteiger partial charge on any atom is -0.497 e. The summed E-state index contributed by atoms with van der Waals surface area (Å²) in [6.45, 7) is 6.85. The highest BCUT2D eigenvalue weighted by Crippen LogP contribution is 2.16. The standard InChI is InChI=1S/C23H30FN3O2/c1-18(23(28)25(2)16-20-5-4-6-21(24)15-20)27-13-11-26(12-14-27)17-19-7-9-22(29-3)10-8-19/h4-10,15,18H,11-14,16-17H2,1-3H3/t18-/m1/s1. The summed E-state index contributed by atoms with van der Waals surface area (Å²) in [4.78, 5) is 19.2. The van der Waals surface area contributed by atoms with Crippen LogP contribution in [0.2, 0.25) is 0 Å². The quantitative estimate of drug-likeness (QED) is 0.717. The summed E-state index contributed by atoms with van der Waals surface area (Å²) in [6, 6.07) is 14.4. The largest absolute Gasteiger partial charge is 0.497 e. The summed E-state index contributed by atoms with van der Waals surface area (Å²) in [5.74, 6) is 0.663. The van der Waals surface area contributed by atoms with Crippen LogP contribution in [0.5, 0.6) is 5.75 Å². The molecule has 29 heavy (non-hydrogen) atoms. The van der Waals surface area contributed by atoms with Crippen molar-refractivity contribution in [1.29, 1.82) is 0 Å². The van der Waals surface area contributed by atoms with Crippen LogP contribution in [-0.2, 0) is 17.9 Å². The fourth-order valence-corrected chi connectivity index (χ4v) is 3.76. The normalized spacial score (nSPS) is 16.4. The van der Waals surface area contributed by atoms with Gasteiger partial charge in [-0.3, -0.25) is 14.6 Å². The molecule has 1 heterocycles. The number of nitrogens with zero attached hydrogens (tertiary/aromatic N) is 3. The third kappa shape index (κ3) is 5.78. The van der Waals surface area contributed by atoms with Crippen LogP contribution in [0.4, 0.5) is 4.39 Å². The molecule has 0 unspecified atom stereocenters. The summed E-state index contributed by atoms with van der Waals surface area (Å²) >= 11 is 0. The molecule has 2 aromatic carbocycles.